The standard InChI is InChI=1S/C14H15N5OS/c1-8-17-14(21-19-8)18-13(20)11(15)6-9-7-16-12-5-3-2-4-10(9)12/h2-5,7,11,16H,6,15H2,1H3,(H,17,18,19,20)/t11-/m1/s1. The van der Waals surface area contributed by atoms with Crippen molar-refractivity contribution in [2.24, 2.45) is 5.73 Å². The topological polar surface area (TPSA) is 96.7 Å². The van der Waals surface area contributed by atoms with Crippen LogP contribution >= 0.6 is 11.5 Å². The average molecular weight is 301 g/mol. The number of carbonyl (C=O) groups excluding carboxylic acids is 1. The molecule has 7 heteroatoms. The number of benzene rings is 1. The predicted octanol–water partition coefficient (Wildman–Crippen LogP) is 1.84. The molecule has 0 unspecified atom stereocenters. The van der Waals surface area contributed by atoms with Crippen molar-refractivity contribution in [2.45, 2.75) is 19.4 Å². The van der Waals surface area contributed by atoms with Crippen LogP contribution in [0, 0.1) is 6.92 Å². The fraction of sp³-hybridized carbons (Fsp3) is 0.214. The highest BCUT2D eigenvalue weighted by molar-refractivity contribution is 7.09. The molecular formula is C14H15N5OS. The zero-order valence-electron chi connectivity index (χ0n) is 11.5. The third-order valence-electron chi connectivity index (χ3n) is 3.21. The maximum Gasteiger partial charge on any atom is 0.243 e. The number of anilines is 1. The Bertz CT molecular complexity index is 778. The van der Waals surface area contributed by atoms with Crippen LogP contribution in [0.2, 0.25) is 0 Å². The Hall–Kier alpha value is -2.25. The molecule has 0 fully saturated rings. The van der Waals surface area contributed by atoms with Gasteiger partial charge in [0.1, 0.15) is 5.82 Å². The number of rotatable bonds is 4. The summed E-state index contributed by atoms with van der Waals surface area (Å²) in [5, 5.41) is 4.26. The van der Waals surface area contributed by atoms with E-state index < -0.39 is 6.04 Å². The molecule has 3 rings (SSSR count). The van der Waals surface area contributed by atoms with Crippen molar-refractivity contribution in [2.75, 3.05) is 5.32 Å². The van der Waals surface area contributed by atoms with E-state index in [1.807, 2.05) is 30.5 Å². The molecule has 108 valence electrons. The van der Waals surface area contributed by atoms with E-state index in [4.69, 9.17) is 5.73 Å². The maximum atomic E-state index is 12.1. The van der Waals surface area contributed by atoms with Gasteiger partial charge in [0.05, 0.1) is 6.04 Å². The second-order valence-corrected chi connectivity index (χ2v) is 5.56. The lowest BCUT2D eigenvalue weighted by molar-refractivity contribution is -0.117. The summed E-state index contributed by atoms with van der Waals surface area (Å²) in [6.07, 6.45) is 2.36. The van der Waals surface area contributed by atoms with Gasteiger partial charge in [-0.1, -0.05) is 18.2 Å². The van der Waals surface area contributed by atoms with Crippen LogP contribution in [0.4, 0.5) is 5.13 Å². The van der Waals surface area contributed by atoms with Crippen molar-refractivity contribution in [3.8, 4) is 0 Å². The second kappa shape index (κ2) is 5.63. The maximum absolute atomic E-state index is 12.1. The summed E-state index contributed by atoms with van der Waals surface area (Å²) in [6, 6.07) is 7.31. The van der Waals surface area contributed by atoms with E-state index in [1.54, 1.807) is 6.92 Å². The molecule has 21 heavy (non-hydrogen) atoms. The van der Waals surface area contributed by atoms with Crippen LogP contribution < -0.4 is 11.1 Å². The summed E-state index contributed by atoms with van der Waals surface area (Å²) in [5.41, 5.74) is 8.06. The molecular weight excluding hydrogens is 286 g/mol. The minimum atomic E-state index is -0.631. The monoisotopic (exact) mass is 301 g/mol. The van der Waals surface area contributed by atoms with Gasteiger partial charge in [-0.05, 0) is 25.0 Å². The SMILES string of the molecule is Cc1nsc(NC(=O)[C@H](N)Cc2c[nH]c3ccccc23)n1. The molecule has 6 nitrogen and oxygen atoms in total. The van der Waals surface area contributed by atoms with E-state index in [9.17, 15) is 4.79 Å². The lowest BCUT2D eigenvalue weighted by Gasteiger charge is -2.09. The van der Waals surface area contributed by atoms with Gasteiger partial charge in [-0.25, -0.2) is 4.98 Å². The number of amides is 1. The Morgan fingerprint density at radius 1 is 1.48 bits per heavy atom. The molecule has 0 aliphatic carbocycles. The summed E-state index contributed by atoms with van der Waals surface area (Å²) < 4.78 is 4.02. The average Bonchev–Trinajstić information content (AvgIpc) is 3.06. The minimum absolute atomic E-state index is 0.253. The quantitative estimate of drug-likeness (QED) is 0.685. The van der Waals surface area contributed by atoms with Gasteiger partial charge in [0, 0.05) is 28.6 Å². The molecule has 0 radical (unpaired) electrons. The molecule has 2 aromatic heterocycles. The molecule has 0 spiro atoms. The molecule has 2 heterocycles. The van der Waals surface area contributed by atoms with E-state index in [1.165, 1.54) is 0 Å². The smallest absolute Gasteiger partial charge is 0.243 e. The molecule has 1 atom stereocenters. The van der Waals surface area contributed by atoms with Crippen LogP contribution in [0.1, 0.15) is 11.4 Å². The molecule has 0 saturated carbocycles. The summed E-state index contributed by atoms with van der Waals surface area (Å²) in [6.45, 7) is 1.78. The highest BCUT2D eigenvalue weighted by Gasteiger charge is 2.17. The minimum Gasteiger partial charge on any atom is -0.361 e. The van der Waals surface area contributed by atoms with Crippen LogP contribution in [0.25, 0.3) is 10.9 Å². The number of hydrogen-bond acceptors (Lipinski definition) is 5. The molecule has 1 amide bonds. The molecule has 3 aromatic rings. The van der Waals surface area contributed by atoms with Crippen LogP contribution in [0.15, 0.2) is 30.5 Å². The number of hydrogen-bond donors (Lipinski definition) is 3. The highest BCUT2D eigenvalue weighted by Crippen LogP contribution is 2.19. The first-order valence-electron chi connectivity index (χ1n) is 6.55. The van der Waals surface area contributed by atoms with Gasteiger partial charge in [0.2, 0.25) is 11.0 Å². The van der Waals surface area contributed by atoms with E-state index in [0.717, 1.165) is 28.0 Å². The van der Waals surface area contributed by atoms with Gasteiger partial charge < -0.3 is 10.7 Å². The van der Waals surface area contributed by atoms with Crippen molar-refractivity contribution in [3.05, 3.63) is 41.9 Å². The number of nitrogens with two attached hydrogens (primary N) is 1. The molecule has 0 saturated heterocycles. The molecule has 1 aromatic carbocycles. The Morgan fingerprint density at radius 3 is 3.05 bits per heavy atom. The Balaban J connectivity index is 1.70. The van der Waals surface area contributed by atoms with Crippen LogP contribution in [0.5, 0.6) is 0 Å². The van der Waals surface area contributed by atoms with Crippen LogP contribution in [-0.2, 0) is 11.2 Å². The zero-order valence-corrected chi connectivity index (χ0v) is 12.3. The summed E-state index contributed by atoms with van der Waals surface area (Å²) >= 11 is 1.15. The van der Waals surface area contributed by atoms with Crippen molar-refractivity contribution in [1.82, 2.24) is 14.3 Å². The number of aromatic nitrogens is 3. The van der Waals surface area contributed by atoms with E-state index in [-0.39, 0.29) is 5.91 Å². The van der Waals surface area contributed by atoms with Crippen molar-refractivity contribution in [3.63, 3.8) is 0 Å². The van der Waals surface area contributed by atoms with Crippen LogP contribution in [0.3, 0.4) is 0 Å². The Morgan fingerprint density at radius 2 is 2.29 bits per heavy atom. The van der Waals surface area contributed by atoms with Gasteiger partial charge in [0.15, 0.2) is 0 Å². The third-order valence-corrected chi connectivity index (χ3v) is 3.93. The number of fused-ring (bicyclic) bond motifs is 1. The fourth-order valence-corrected chi connectivity index (χ4v) is 2.75. The first-order valence-corrected chi connectivity index (χ1v) is 7.32. The van der Waals surface area contributed by atoms with Gasteiger partial charge in [-0.3, -0.25) is 10.1 Å². The number of aryl methyl sites for hydroxylation is 1. The lowest BCUT2D eigenvalue weighted by atomic mass is 10.1. The highest BCUT2D eigenvalue weighted by atomic mass is 32.1. The number of nitrogens with zero attached hydrogens (tertiary/aromatic N) is 2. The van der Waals surface area contributed by atoms with Gasteiger partial charge in [-0.15, -0.1) is 0 Å². The normalized spacial score (nSPS) is 12.5. The van der Waals surface area contributed by atoms with E-state index >= 15 is 0 Å². The van der Waals surface area contributed by atoms with Gasteiger partial charge in [-0.2, -0.15) is 4.37 Å². The molecule has 0 aliphatic heterocycles. The van der Waals surface area contributed by atoms with Gasteiger partial charge >= 0.3 is 0 Å². The van der Waals surface area contributed by atoms with Gasteiger partial charge in [0.25, 0.3) is 0 Å². The van der Waals surface area contributed by atoms with E-state index in [0.29, 0.717) is 17.4 Å². The van der Waals surface area contributed by atoms with Crippen molar-refractivity contribution in [1.29, 1.82) is 0 Å². The predicted molar refractivity (Wildman–Crippen MR) is 83.3 cm³/mol. The first kappa shape index (κ1) is 13.7. The number of carbonyl (C=O) groups is 1. The largest absolute Gasteiger partial charge is 0.361 e. The fourth-order valence-electron chi connectivity index (χ4n) is 2.18. The Labute approximate surface area is 125 Å². The van der Waals surface area contributed by atoms with Crippen molar-refractivity contribution >= 4 is 33.5 Å². The first-order chi connectivity index (χ1) is 10.1. The number of para-hydroxylation sites is 1. The number of aromatic amines is 1. The summed E-state index contributed by atoms with van der Waals surface area (Å²) in [5.74, 6) is 0.386. The second-order valence-electron chi connectivity index (χ2n) is 4.81. The molecule has 4 N–H and O–H groups in total. The van der Waals surface area contributed by atoms with E-state index in [2.05, 4.69) is 19.7 Å². The van der Waals surface area contributed by atoms with Crippen LogP contribution in [-0.4, -0.2) is 26.3 Å². The van der Waals surface area contributed by atoms with Crippen molar-refractivity contribution < 1.29 is 4.79 Å². The number of H-pyrrole nitrogens is 1. The summed E-state index contributed by atoms with van der Waals surface area (Å²) in [7, 11) is 0. The molecule has 0 bridgehead atoms. The third kappa shape index (κ3) is 2.93. The molecule has 0 aliphatic rings. The zero-order chi connectivity index (χ0) is 14.8. The number of nitrogens with one attached hydrogen (secondary N) is 2. The Kier molecular flexibility index (Phi) is 3.68. The lowest BCUT2D eigenvalue weighted by Crippen LogP contribution is -2.37. The summed E-state index contributed by atoms with van der Waals surface area (Å²) in [4.78, 5) is 19.3.